The van der Waals surface area contributed by atoms with Gasteiger partial charge in [0.05, 0.1) is 28.6 Å². The number of anilines is 1. The van der Waals surface area contributed by atoms with E-state index in [-0.39, 0.29) is 16.5 Å². The van der Waals surface area contributed by atoms with Crippen molar-refractivity contribution in [2.45, 2.75) is 12.1 Å². The van der Waals surface area contributed by atoms with Crippen LogP contribution in [-0.4, -0.2) is 40.9 Å². The molecule has 4 atom stereocenters. The number of ketones is 1. The molecule has 30 heavy (non-hydrogen) atoms. The van der Waals surface area contributed by atoms with Crippen LogP contribution in [0.5, 0.6) is 0 Å². The van der Waals surface area contributed by atoms with Gasteiger partial charge in [-0.3, -0.25) is 19.4 Å². The number of hydrogen-bond donors (Lipinski definition) is 0. The van der Waals surface area contributed by atoms with Crippen LogP contribution < -0.4 is 4.90 Å². The van der Waals surface area contributed by atoms with Crippen molar-refractivity contribution < 1.29 is 14.4 Å². The minimum atomic E-state index is -0.879. The summed E-state index contributed by atoms with van der Waals surface area (Å²) in [5, 5.41) is 6.51. The van der Waals surface area contributed by atoms with Crippen LogP contribution in [0.15, 0.2) is 65.8 Å². The van der Waals surface area contributed by atoms with E-state index in [0.717, 1.165) is 4.90 Å². The van der Waals surface area contributed by atoms with Crippen molar-refractivity contribution in [1.29, 1.82) is 0 Å². The van der Waals surface area contributed by atoms with E-state index in [9.17, 15) is 14.4 Å². The lowest BCUT2D eigenvalue weighted by Crippen LogP contribution is -2.46. The molecule has 1 unspecified atom stereocenters. The fourth-order valence-electron chi connectivity index (χ4n) is 4.51. The molecule has 0 N–H and O–H groups in total. The predicted molar refractivity (Wildman–Crippen MR) is 114 cm³/mol. The van der Waals surface area contributed by atoms with Gasteiger partial charge < -0.3 is 0 Å². The maximum absolute atomic E-state index is 13.5. The van der Waals surface area contributed by atoms with Gasteiger partial charge in [0.1, 0.15) is 6.04 Å². The Morgan fingerprint density at radius 2 is 1.70 bits per heavy atom. The molecule has 2 amide bonds. The molecule has 3 heterocycles. The fraction of sp³-hybridized carbons (Fsp3) is 0.182. The molecule has 5 rings (SSSR count). The van der Waals surface area contributed by atoms with Crippen LogP contribution in [0, 0.1) is 11.8 Å². The van der Waals surface area contributed by atoms with Gasteiger partial charge in [0.2, 0.25) is 11.8 Å². The minimum absolute atomic E-state index is 0.198. The summed E-state index contributed by atoms with van der Waals surface area (Å²) in [4.78, 5) is 41.3. The van der Waals surface area contributed by atoms with E-state index in [2.05, 4.69) is 5.10 Å². The number of amides is 2. The molecule has 2 saturated heterocycles. The Balaban J connectivity index is 1.60. The number of carbonyl (C=O) groups is 3. The summed E-state index contributed by atoms with van der Waals surface area (Å²) in [6.45, 7) is 0. The molecular formula is C22H15Cl2N3O3. The van der Waals surface area contributed by atoms with E-state index in [1.165, 1.54) is 6.07 Å². The van der Waals surface area contributed by atoms with E-state index in [0.29, 0.717) is 10.6 Å². The monoisotopic (exact) mass is 439 g/mol. The lowest BCUT2D eigenvalue weighted by molar-refractivity contribution is -0.123. The predicted octanol–water partition coefficient (Wildman–Crippen LogP) is 3.59. The molecular weight excluding hydrogens is 425 g/mol. The first kappa shape index (κ1) is 19.0. The van der Waals surface area contributed by atoms with Gasteiger partial charge in [0, 0.05) is 16.8 Å². The van der Waals surface area contributed by atoms with Crippen LogP contribution in [0.2, 0.25) is 10.0 Å². The zero-order valence-electron chi connectivity index (χ0n) is 15.5. The van der Waals surface area contributed by atoms with Gasteiger partial charge >= 0.3 is 0 Å². The Morgan fingerprint density at radius 1 is 0.967 bits per heavy atom. The molecule has 3 aliphatic heterocycles. The van der Waals surface area contributed by atoms with Gasteiger partial charge in [0.25, 0.3) is 0 Å². The number of imide groups is 1. The van der Waals surface area contributed by atoms with E-state index in [1.807, 2.05) is 6.07 Å². The van der Waals surface area contributed by atoms with Gasteiger partial charge in [0.15, 0.2) is 5.78 Å². The van der Waals surface area contributed by atoms with Gasteiger partial charge in [-0.2, -0.15) is 5.10 Å². The van der Waals surface area contributed by atoms with Gasteiger partial charge in [-0.05, 0) is 24.3 Å². The summed E-state index contributed by atoms with van der Waals surface area (Å²) >= 11 is 12.3. The second kappa shape index (κ2) is 7.07. The molecule has 2 fully saturated rings. The molecule has 0 radical (unpaired) electrons. The Morgan fingerprint density at radius 3 is 2.43 bits per heavy atom. The molecule has 2 aromatic carbocycles. The third-order valence-corrected chi connectivity index (χ3v) is 6.31. The number of hydrogen-bond acceptors (Lipinski definition) is 5. The number of carbonyl (C=O) groups excluding carboxylic acids is 3. The topological polar surface area (TPSA) is 70.0 Å². The van der Waals surface area contributed by atoms with Crippen LogP contribution in [0.1, 0.15) is 10.4 Å². The third-order valence-electron chi connectivity index (χ3n) is 5.77. The Bertz CT molecular complexity index is 1130. The van der Waals surface area contributed by atoms with Crippen LogP contribution in [0.25, 0.3) is 0 Å². The second-order valence-electron chi connectivity index (χ2n) is 7.35. The highest BCUT2D eigenvalue weighted by molar-refractivity contribution is 6.38. The molecule has 3 aliphatic rings. The number of nitrogens with zero attached hydrogens (tertiary/aromatic N) is 3. The number of halogens is 2. The number of rotatable bonds is 3. The smallest absolute Gasteiger partial charge is 0.240 e. The van der Waals surface area contributed by atoms with Crippen LogP contribution >= 0.6 is 23.2 Å². The molecule has 0 bridgehead atoms. The minimum Gasteiger partial charge on any atom is -0.292 e. The quantitative estimate of drug-likeness (QED) is 0.541. The summed E-state index contributed by atoms with van der Waals surface area (Å²) in [6, 6.07) is 12.0. The van der Waals surface area contributed by atoms with E-state index in [1.54, 1.807) is 59.8 Å². The molecule has 150 valence electrons. The molecule has 0 spiro atoms. The zero-order valence-corrected chi connectivity index (χ0v) is 17.0. The first-order valence-electron chi connectivity index (χ1n) is 9.40. The number of fused-ring (bicyclic) bond motifs is 3. The number of hydrazone groups is 1. The normalized spacial score (nSPS) is 26.9. The van der Waals surface area contributed by atoms with Crippen molar-refractivity contribution in [3.05, 3.63) is 76.3 Å². The zero-order chi connectivity index (χ0) is 21.0. The van der Waals surface area contributed by atoms with Crippen molar-refractivity contribution in [3.63, 3.8) is 0 Å². The first-order chi connectivity index (χ1) is 14.5. The van der Waals surface area contributed by atoms with Crippen molar-refractivity contribution in [2.75, 3.05) is 4.90 Å². The largest absolute Gasteiger partial charge is 0.292 e. The van der Waals surface area contributed by atoms with Gasteiger partial charge in [-0.1, -0.05) is 59.6 Å². The Kier molecular flexibility index (Phi) is 4.49. The average Bonchev–Trinajstić information content (AvgIpc) is 3.22. The van der Waals surface area contributed by atoms with E-state index < -0.39 is 35.7 Å². The molecule has 0 aromatic heterocycles. The lowest BCUT2D eigenvalue weighted by Gasteiger charge is -2.30. The lowest BCUT2D eigenvalue weighted by atomic mass is 9.86. The number of allylic oxidation sites excluding steroid dienone is 1. The third kappa shape index (κ3) is 2.71. The highest BCUT2D eigenvalue weighted by atomic mass is 35.5. The second-order valence-corrected chi connectivity index (χ2v) is 8.20. The fourth-order valence-corrected chi connectivity index (χ4v) is 5.00. The molecule has 2 aromatic rings. The van der Waals surface area contributed by atoms with E-state index in [4.69, 9.17) is 23.2 Å². The van der Waals surface area contributed by atoms with Crippen LogP contribution in [0.3, 0.4) is 0 Å². The Labute approximate surface area is 182 Å². The number of benzene rings is 2. The maximum atomic E-state index is 13.5. The molecule has 0 aliphatic carbocycles. The molecule has 8 heteroatoms. The van der Waals surface area contributed by atoms with Crippen LogP contribution in [0.4, 0.5) is 5.69 Å². The summed E-state index contributed by atoms with van der Waals surface area (Å²) in [6.07, 6.45) is 5.09. The van der Waals surface area contributed by atoms with Crippen molar-refractivity contribution >= 4 is 52.7 Å². The highest BCUT2D eigenvalue weighted by Gasteiger charge is 2.64. The standard InChI is InChI=1S/C22H15Cl2N3O3/c23-13-8-9-15(14(24)11-13)26-21(29)17-16-7-4-10-25-27(16)19(18(17)22(26)30)20(28)12-5-2-1-3-6-12/h1-11,16-19H/t16?,17-,18-,19+/m1/s1. The summed E-state index contributed by atoms with van der Waals surface area (Å²) in [5.74, 6) is -2.68. The SMILES string of the molecule is O=C(c1ccccc1)[C@@H]1[C@@H]2C(=O)N(c3ccc(Cl)cc3Cl)C(=O)[C@@H]2C2C=CC=NN21. The number of Topliss-reactive ketones (excluding diaryl/α,β-unsaturated/α-hetero) is 1. The van der Waals surface area contributed by atoms with Crippen molar-refractivity contribution in [1.82, 2.24) is 5.01 Å². The maximum Gasteiger partial charge on any atom is 0.240 e. The van der Waals surface area contributed by atoms with Gasteiger partial charge in [-0.25, -0.2) is 4.90 Å². The molecule has 0 saturated carbocycles. The highest BCUT2D eigenvalue weighted by Crippen LogP contribution is 2.47. The van der Waals surface area contributed by atoms with Gasteiger partial charge in [-0.15, -0.1) is 0 Å². The average molecular weight is 440 g/mol. The summed E-state index contributed by atoms with van der Waals surface area (Å²) in [5.41, 5.74) is 0.737. The summed E-state index contributed by atoms with van der Waals surface area (Å²) in [7, 11) is 0. The summed E-state index contributed by atoms with van der Waals surface area (Å²) < 4.78 is 0. The van der Waals surface area contributed by atoms with Crippen molar-refractivity contribution in [3.8, 4) is 0 Å². The first-order valence-corrected chi connectivity index (χ1v) is 10.2. The molecule has 6 nitrogen and oxygen atoms in total. The van der Waals surface area contributed by atoms with Crippen LogP contribution in [-0.2, 0) is 9.59 Å². The van der Waals surface area contributed by atoms with Crippen molar-refractivity contribution in [2.24, 2.45) is 16.9 Å². The Hall–Kier alpha value is -2.96. The van der Waals surface area contributed by atoms with E-state index >= 15 is 0 Å².